The number of carbonyl (C=O) groups excluding carboxylic acids is 1. The third-order valence-corrected chi connectivity index (χ3v) is 3.86. The van der Waals surface area contributed by atoms with Gasteiger partial charge in [0.15, 0.2) is 0 Å². The molecular formula is C13H23N3O. The zero-order chi connectivity index (χ0) is 12.3. The largest absolute Gasteiger partial charge is 0.336 e. The quantitative estimate of drug-likeness (QED) is 0.709. The van der Waals surface area contributed by atoms with Gasteiger partial charge in [0.1, 0.15) is 0 Å². The van der Waals surface area contributed by atoms with Crippen molar-refractivity contribution in [2.24, 2.45) is 11.7 Å². The minimum atomic E-state index is 0.192. The van der Waals surface area contributed by atoms with E-state index in [4.69, 9.17) is 5.73 Å². The molecule has 4 heteroatoms. The van der Waals surface area contributed by atoms with E-state index in [0.717, 1.165) is 38.9 Å². The summed E-state index contributed by atoms with van der Waals surface area (Å²) in [6, 6.07) is 0.201. The first-order chi connectivity index (χ1) is 8.22. The molecule has 1 amide bonds. The highest BCUT2D eigenvalue weighted by Gasteiger charge is 2.32. The Hall–Kier alpha value is -0.870. The first-order valence-electron chi connectivity index (χ1n) is 6.56. The Kier molecular flexibility index (Phi) is 4.18. The van der Waals surface area contributed by atoms with E-state index in [0.29, 0.717) is 12.5 Å². The van der Waals surface area contributed by atoms with Crippen LogP contribution in [0.15, 0.2) is 12.2 Å². The first-order valence-corrected chi connectivity index (χ1v) is 6.56. The van der Waals surface area contributed by atoms with E-state index in [9.17, 15) is 4.79 Å². The van der Waals surface area contributed by atoms with E-state index in [2.05, 4.69) is 24.1 Å². The Balaban J connectivity index is 1.99. The molecule has 0 aromatic carbocycles. The van der Waals surface area contributed by atoms with E-state index in [1.165, 1.54) is 0 Å². The van der Waals surface area contributed by atoms with Gasteiger partial charge in [0.05, 0.1) is 6.04 Å². The number of allylic oxidation sites excluding steroid dienone is 2. The van der Waals surface area contributed by atoms with Gasteiger partial charge in [-0.15, -0.1) is 0 Å². The maximum atomic E-state index is 12.4. The molecule has 1 saturated heterocycles. The predicted molar refractivity (Wildman–Crippen MR) is 68.5 cm³/mol. The Morgan fingerprint density at radius 1 is 1.41 bits per heavy atom. The summed E-state index contributed by atoms with van der Waals surface area (Å²) >= 11 is 0. The molecule has 17 heavy (non-hydrogen) atoms. The second-order valence-electron chi connectivity index (χ2n) is 5.16. The molecule has 1 fully saturated rings. The van der Waals surface area contributed by atoms with Gasteiger partial charge in [-0.05, 0) is 26.3 Å². The predicted octanol–water partition coefficient (Wildman–Crippen LogP) is 0.444. The van der Waals surface area contributed by atoms with Crippen molar-refractivity contribution in [3.05, 3.63) is 12.2 Å². The molecule has 2 rings (SSSR count). The molecule has 0 aromatic rings. The molecule has 1 aliphatic carbocycles. The maximum absolute atomic E-state index is 12.4. The normalized spacial score (nSPS) is 30.6. The summed E-state index contributed by atoms with van der Waals surface area (Å²) < 4.78 is 0. The highest BCUT2D eigenvalue weighted by Crippen LogP contribution is 2.22. The maximum Gasteiger partial charge on any atom is 0.226 e. The molecule has 0 saturated carbocycles. The monoisotopic (exact) mass is 237 g/mol. The van der Waals surface area contributed by atoms with E-state index in [1.54, 1.807) is 0 Å². The minimum absolute atomic E-state index is 0.192. The second kappa shape index (κ2) is 5.65. The Labute approximate surface area is 103 Å². The second-order valence-corrected chi connectivity index (χ2v) is 5.16. The summed E-state index contributed by atoms with van der Waals surface area (Å²) in [5.74, 6) is 0.510. The average molecular weight is 237 g/mol. The summed E-state index contributed by atoms with van der Waals surface area (Å²) in [6.45, 7) is 3.27. The van der Waals surface area contributed by atoms with Gasteiger partial charge in [-0.1, -0.05) is 12.2 Å². The van der Waals surface area contributed by atoms with Gasteiger partial charge in [0.25, 0.3) is 0 Å². The fraction of sp³-hybridized carbons (Fsp3) is 0.769. The van der Waals surface area contributed by atoms with Gasteiger partial charge >= 0.3 is 0 Å². The number of amides is 1. The lowest BCUT2D eigenvalue weighted by atomic mass is 9.92. The SMILES string of the molecule is CN1CCN(C(=O)C2CC=CCC2)C(CN)C1. The zero-order valence-corrected chi connectivity index (χ0v) is 10.6. The molecule has 1 heterocycles. The molecule has 1 aliphatic heterocycles. The van der Waals surface area contributed by atoms with Crippen LogP contribution < -0.4 is 5.73 Å². The van der Waals surface area contributed by atoms with Crippen LogP contribution in [0.1, 0.15) is 19.3 Å². The van der Waals surface area contributed by atoms with E-state index in [-0.39, 0.29) is 12.0 Å². The van der Waals surface area contributed by atoms with Crippen LogP contribution in [0.2, 0.25) is 0 Å². The van der Waals surface area contributed by atoms with Crippen molar-refractivity contribution >= 4 is 5.91 Å². The first kappa shape index (κ1) is 12.6. The van der Waals surface area contributed by atoms with Gasteiger partial charge in [-0.25, -0.2) is 0 Å². The number of nitrogens with two attached hydrogens (primary N) is 1. The molecule has 0 aromatic heterocycles. The van der Waals surface area contributed by atoms with E-state index >= 15 is 0 Å². The van der Waals surface area contributed by atoms with Crippen LogP contribution in [0.3, 0.4) is 0 Å². The van der Waals surface area contributed by atoms with Crippen molar-refractivity contribution in [1.82, 2.24) is 9.80 Å². The third-order valence-electron chi connectivity index (χ3n) is 3.86. The zero-order valence-electron chi connectivity index (χ0n) is 10.6. The van der Waals surface area contributed by atoms with Crippen molar-refractivity contribution in [3.8, 4) is 0 Å². The summed E-state index contributed by atoms with van der Waals surface area (Å²) in [4.78, 5) is 16.7. The van der Waals surface area contributed by atoms with Crippen molar-refractivity contribution in [2.75, 3.05) is 33.2 Å². The van der Waals surface area contributed by atoms with Crippen LogP contribution in [0.25, 0.3) is 0 Å². The lowest BCUT2D eigenvalue weighted by Gasteiger charge is -2.41. The van der Waals surface area contributed by atoms with E-state index in [1.807, 2.05) is 4.90 Å². The Morgan fingerprint density at radius 3 is 2.88 bits per heavy atom. The van der Waals surface area contributed by atoms with Crippen LogP contribution in [-0.4, -0.2) is 55.0 Å². The van der Waals surface area contributed by atoms with Crippen LogP contribution in [-0.2, 0) is 4.79 Å². The number of rotatable bonds is 2. The third kappa shape index (κ3) is 2.87. The summed E-state index contributed by atoms with van der Waals surface area (Å²) in [7, 11) is 2.09. The Bertz CT molecular complexity index is 303. The van der Waals surface area contributed by atoms with Crippen molar-refractivity contribution < 1.29 is 4.79 Å². The topological polar surface area (TPSA) is 49.6 Å². The summed E-state index contributed by atoms with van der Waals surface area (Å²) in [5, 5.41) is 0. The highest BCUT2D eigenvalue weighted by molar-refractivity contribution is 5.79. The minimum Gasteiger partial charge on any atom is -0.336 e. The molecule has 0 bridgehead atoms. The molecule has 2 atom stereocenters. The number of hydrogen-bond donors (Lipinski definition) is 1. The number of piperazine rings is 1. The smallest absolute Gasteiger partial charge is 0.226 e. The number of nitrogens with zero attached hydrogens (tertiary/aromatic N) is 2. The van der Waals surface area contributed by atoms with Crippen molar-refractivity contribution in [2.45, 2.75) is 25.3 Å². The standard InChI is InChI=1S/C13H23N3O/c1-15-7-8-16(12(9-14)10-15)13(17)11-5-3-2-4-6-11/h2-3,11-12H,4-10,14H2,1H3. The highest BCUT2D eigenvalue weighted by atomic mass is 16.2. The van der Waals surface area contributed by atoms with Crippen LogP contribution in [0, 0.1) is 5.92 Å². The van der Waals surface area contributed by atoms with Crippen LogP contribution in [0.5, 0.6) is 0 Å². The van der Waals surface area contributed by atoms with Crippen LogP contribution >= 0.6 is 0 Å². The lowest BCUT2D eigenvalue weighted by Crippen LogP contribution is -2.58. The van der Waals surface area contributed by atoms with Crippen LogP contribution in [0.4, 0.5) is 0 Å². The summed E-state index contributed by atoms with van der Waals surface area (Å²) in [5.41, 5.74) is 5.79. The van der Waals surface area contributed by atoms with Gasteiger partial charge in [0, 0.05) is 32.1 Å². The van der Waals surface area contributed by atoms with Crippen molar-refractivity contribution in [3.63, 3.8) is 0 Å². The molecule has 2 unspecified atom stereocenters. The molecular weight excluding hydrogens is 214 g/mol. The molecule has 2 aliphatic rings. The molecule has 4 nitrogen and oxygen atoms in total. The van der Waals surface area contributed by atoms with Crippen molar-refractivity contribution in [1.29, 1.82) is 0 Å². The molecule has 96 valence electrons. The fourth-order valence-corrected chi connectivity index (χ4v) is 2.75. The number of likely N-dealkylation sites (N-methyl/N-ethyl adjacent to an activating group) is 1. The van der Waals surface area contributed by atoms with Gasteiger partial charge in [-0.3, -0.25) is 4.79 Å². The summed E-state index contributed by atoms with van der Waals surface area (Å²) in [6.07, 6.45) is 7.26. The molecule has 0 radical (unpaired) electrons. The van der Waals surface area contributed by atoms with Gasteiger partial charge in [0.2, 0.25) is 5.91 Å². The van der Waals surface area contributed by atoms with Gasteiger partial charge < -0.3 is 15.5 Å². The van der Waals surface area contributed by atoms with Gasteiger partial charge in [-0.2, -0.15) is 0 Å². The average Bonchev–Trinajstić information content (AvgIpc) is 2.39. The lowest BCUT2D eigenvalue weighted by molar-refractivity contribution is -0.140. The number of hydrogen-bond acceptors (Lipinski definition) is 3. The molecule has 2 N–H and O–H groups in total. The molecule has 0 spiro atoms. The number of carbonyl (C=O) groups is 1. The fourth-order valence-electron chi connectivity index (χ4n) is 2.75. The van der Waals surface area contributed by atoms with E-state index < -0.39 is 0 Å². The Morgan fingerprint density at radius 2 is 2.24 bits per heavy atom.